The maximum atomic E-state index is 11.9. The lowest BCUT2D eigenvalue weighted by Gasteiger charge is -2.18. The van der Waals surface area contributed by atoms with Crippen LogP contribution in [0.5, 0.6) is 0 Å². The topological polar surface area (TPSA) is 99.8 Å². The maximum Gasteiger partial charge on any atom is 0.226 e. The summed E-state index contributed by atoms with van der Waals surface area (Å²) in [5.74, 6) is 0.546. The maximum absolute atomic E-state index is 11.9. The van der Waals surface area contributed by atoms with E-state index in [0.717, 1.165) is 0 Å². The van der Waals surface area contributed by atoms with Crippen LogP contribution in [0.15, 0.2) is 47.3 Å². The summed E-state index contributed by atoms with van der Waals surface area (Å²) in [6, 6.07) is 7.05. The number of rotatable bonds is 5. The van der Waals surface area contributed by atoms with Crippen molar-refractivity contribution < 1.29 is 9.21 Å². The van der Waals surface area contributed by atoms with Gasteiger partial charge in [0.05, 0.1) is 17.9 Å². The molecule has 0 saturated carbocycles. The third kappa shape index (κ3) is 2.98. The minimum absolute atomic E-state index is 0.0114. The van der Waals surface area contributed by atoms with Gasteiger partial charge in [-0.05, 0) is 24.1 Å². The minimum Gasteiger partial charge on any atom is -0.461 e. The minimum atomic E-state index is -0.513. The van der Waals surface area contributed by atoms with Crippen LogP contribution in [0.1, 0.15) is 25.5 Å². The van der Waals surface area contributed by atoms with Gasteiger partial charge >= 0.3 is 0 Å². The molecule has 3 aromatic rings. The van der Waals surface area contributed by atoms with Crippen LogP contribution < -0.4 is 5.73 Å². The molecule has 7 nitrogen and oxygen atoms in total. The molecule has 3 aromatic heterocycles. The Morgan fingerprint density at radius 1 is 1.30 bits per heavy atom. The third-order valence-electron chi connectivity index (χ3n) is 3.50. The number of hydrogen-bond acceptors (Lipinski definition) is 5. The smallest absolute Gasteiger partial charge is 0.226 e. The van der Waals surface area contributed by atoms with Crippen molar-refractivity contribution >= 4 is 5.91 Å². The SMILES string of the molecule is CC(C)C(C(N)=O)c1cc(-n2cccn2)nc(-c2ccco2)n1. The Bertz CT molecular complexity index is 742. The summed E-state index contributed by atoms with van der Waals surface area (Å²) in [4.78, 5) is 20.8. The number of hydrogen-bond donors (Lipinski definition) is 1. The van der Waals surface area contributed by atoms with Crippen molar-refractivity contribution in [3.05, 3.63) is 48.6 Å². The number of nitrogens with two attached hydrogens (primary N) is 1. The highest BCUT2D eigenvalue weighted by atomic mass is 16.3. The zero-order valence-electron chi connectivity index (χ0n) is 12.9. The highest BCUT2D eigenvalue weighted by Gasteiger charge is 2.25. The first-order valence-electron chi connectivity index (χ1n) is 7.28. The number of nitrogens with zero attached hydrogens (tertiary/aromatic N) is 4. The van der Waals surface area contributed by atoms with Gasteiger partial charge in [-0.3, -0.25) is 4.79 Å². The number of carbonyl (C=O) groups is 1. The summed E-state index contributed by atoms with van der Waals surface area (Å²) in [6.45, 7) is 3.86. The number of furan rings is 1. The van der Waals surface area contributed by atoms with Gasteiger partial charge in [-0.2, -0.15) is 5.10 Å². The molecule has 0 aliphatic heterocycles. The molecule has 0 saturated heterocycles. The Hall–Kier alpha value is -2.96. The van der Waals surface area contributed by atoms with Crippen LogP contribution in [-0.4, -0.2) is 25.7 Å². The monoisotopic (exact) mass is 311 g/mol. The fourth-order valence-corrected chi connectivity index (χ4v) is 2.47. The van der Waals surface area contributed by atoms with E-state index in [1.807, 2.05) is 13.8 Å². The van der Waals surface area contributed by atoms with Crippen LogP contribution in [0, 0.1) is 5.92 Å². The molecule has 3 rings (SSSR count). The van der Waals surface area contributed by atoms with Crippen molar-refractivity contribution in [2.24, 2.45) is 11.7 Å². The Balaban J connectivity index is 2.17. The van der Waals surface area contributed by atoms with E-state index < -0.39 is 11.8 Å². The predicted octanol–water partition coefficient (Wildman–Crippen LogP) is 2.15. The van der Waals surface area contributed by atoms with E-state index in [1.54, 1.807) is 47.6 Å². The molecule has 0 radical (unpaired) electrons. The van der Waals surface area contributed by atoms with Crippen molar-refractivity contribution in [2.75, 3.05) is 0 Å². The zero-order valence-corrected chi connectivity index (χ0v) is 12.9. The summed E-state index contributed by atoms with van der Waals surface area (Å²) in [7, 11) is 0. The van der Waals surface area contributed by atoms with Gasteiger partial charge in [-0.1, -0.05) is 13.8 Å². The van der Waals surface area contributed by atoms with Crippen molar-refractivity contribution in [3.63, 3.8) is 0 Å². The lowest BCUT2D eigenvalue weighted by atomic mass is 9.91. The van der Waals surface area contributed by atoms with Gasteiger partial charge in [0.25, 0.3) is 0 Å². The van der Waals surface area contributed by atoms with Crippen LogP contribution in [0.25, 0.3) is 17.4 Å². The van der Waals surface area contributed by atoms with E-state index in [1.165, 1.54) is 0 Å². The largest absolute Gasteiger partial charge is 0.461 e. The summed E-state index contributed by atoms with van der Waals surface area (Å²) in [5, 5.41) is 4.18. The molecule has 7 heteroatoms. The normalized spacial score (nSPS) is 12.5. The molecule has 0 spiro atoms. The van der Waals surface area contributed by atoms with Gasteiger partial charge in [0, 0.05) is 18.5 Å². The third-order valence-corrected chi connectivity index (χ3v) is 3.50. The fraction of sp³-hybridized carbons (Fsp3) is 0.250. The van der Waals surface area contributed by atoms with E-state index >= 15 is 0 Å². The quantitative estimate of drug-likeness (QED) is 0.778. The first-order chi connectivity index (χ1) is 11.1. The lowest BCUT2D eigenvalue weighted by Crippen LogP contribution is -2.27. The number of amides is 1. The van der Waals surface area contributed by atoms with E-state index in [2.05, 4.69) is 15.1 Å². The van der Waals surface area contributed by atoms with Crippen LogP contribution >= 0.6 is 0 Å². The van der Waals surface area contributed by atoms with Gasteiger partial charge in [-0.15, -0.1) is 0 Å². The molecule has 118 valence electrons. The number of primary amides is 1. The van der Waals surface area contributed by atoms with E-state index in [-0.39, 0.29) is 5.92 Å². The fourth-order valence-electron chi connectivity index (χ4n) is 2.47. The molecule has 23 heavy (non-hydrogen) atoms. The second-order valence-electron chi connectivity index (χ2n) is 5.53. The molecular weight excluding hydrogens is 294 g/mol. The van der Waals surface area contributed by atoms with E-state index in [9.17, 15) is 4.79 Å². The highest BCUT2D eigenvalue weighted by molar-refractivity contribution is 5.82. The summed E-state index contributed by atoms with van der Waals surface area (Å²) in [6.07, 6.45) is 4.97. The molecule has 1 atom stereocenters. The highest BCUT2D eigenvalue weighted by Crippen LogP contribution is 2.26. The average Bonchev–Trinajstić information content (AvgIpc) is 3.20. The van der Waals surface area contributed by atoms with Crippen molar-refractivity contribution in [1.82, 2.24) is 19.7 Å². The summed E-state index contributed by atoms with van der Waals surface area (Å²) in [5.41, 5.74) is 6.12. The Morgan fingerprint density at radius 2 is 2.13 bits per heavy atom. The van der Waals surface area contributed by atoms with Crippen molar-refractivity contribution in [2.45, 2.75) is 19.8 Å². The molecule has 0 fully saturated rings. The number of carbonyl (C=O) groups excluding carboxylic acids is 1. The number of aromatic nitrogens is 4. The van der Waals surface area contributed by atoms with Crippen LogP contribution in [0.2, 0.25) is 0 Å². The molecule has 3 heterocycles. The molecule has 0 aliphatic rings. The lowest BCUT2D eigenvalue weighted by molar-refractivity contribution is -0.120. The molecule has 0 aromatic carbocycles. The Labute approximate surface area is 133 Å². The molecule has 0 aliphatic carbocycles. The average molecular weight is 311 g/mol. The predicted molar refractivity (Wildman–Crippen MR) is 83.6 cm³/mol. The van der Waals surface area contributed by atoms with Crippen molar-refractivity contribution in [1.29, 1.82) is 0 Å². The van der Waals surface area contributed by atoms with Crippen LogP contribution in [0.3, 0.4) is 0 Å². The van der Waals surface area contributed by atoms with Crippen molar-refractivity contribution in [3.8, 4) is 17.4 Å². The molecule has 2 N–H and O–H groups in total. The van der Waals surface area contributed by atoms with E-state index in [4.69, 9.17) is 10.2 Å². The summed E-state index contributed by atoms with van der Waals surface area (Å²) >= 11 is 0. The summed E-state index contributed by atoms with van der Waals surface area (Å²) < 4.78 is 6.98. The Kier molecular flexibility index (Phi) is 3.92. The molecule has 1 amide bonds. The van der Waals surface area contributed by atoms with Gasteiger partial charge in [0.1, 0.15) is 0 Å². The first kappa shape index (κ1) is 15.0. The van der Waals surface area contributed by atoms with Crippen LogP contribution in [-0.2, 0) is 4.79 Å². The molecule has 0 bridgehead atoms. The van der Waals surface area contributed by atoms with Crippen LogP contribution in [0.4, 0.5) is 0 Å². The molecule has 1 unspecified atom stereocenters. The second-order valence-corrected chi connectivity index (χ2v) is 5.53. The van der Waals surface area contributed by atoms with Gasteiger partial charge in [0.15, 0.2) is 17.4 Å². The van der Waals surface area contributed by atoms with Gasteiger partial charge in [0.2, 0.25) is 5.91 Å². The molecular formula is C16H17N5O2. The second kappa shape index (κ2) is 6.04. The Morgan fingerprint density at radius 3 is 2.70 bits per heavy atom. The standard InChI is InChI=1S/C16H17N5O2/c1-10(2)14(15(17)22)11-9-13(21-7-4-6-18-21)20-16(19-11)12-5-3-8-23-12/h3-10,14H,1-2H3,(H2,17,22). The van der Waals surface area contributed by atoms with E-state index in [0.29, 0.717) is 23.1 Å². The zero-order chi connectivity index (χ0) is 16.4. The first-order valence-corrected chi connectivity index (χ1v) is 7.28. The van der Waals surface area contributed by atoms with Gasteiger partial charge in [-0.25, -0.2) is 14.6 Å². The van der Waals surface area contributed by atoms with Gasteiger partial charge < -0.3 is 10.2 Å².